The molecule has 0 radical (unpaired) electrons. The predicted molar refractivity (Wildman–Crippen MR) is 85.1 cm³/mol. The number of allylic oxidation sites excluding steroid dienone is 1. The van der Waals surface area contributed by atoms with Crippen molar-refractivity contribution in [1.29, 1.82) is 0 Å². The zero-order chi connectivity index (χ0) is 14.7. The minimum Gasteiger partial charge on any atom is -0.490 e. The summed E-state index contributed by atoms with van der Waals surface area (Å²) in [5.41, 5.74) is 1.63. The summed E-state index contributed by atoms with van der Waals surface area (Å²) >= 11 is 1.60. The number of rotatable bonds is 5. The van der Waals surface area contributed by atoms with Crippen molar-refractivity contribution in [2.24, 2.45) is 0 Å². The molecule has 1 aromatic carbocycles. The number of benzene rings is 1. The highest BCUT2D eigenvalue weighted by molar-refractivity contribution is 7.08. The lowest BCUT2D eigenvalue weighted by atomic mass is 10.2. The van der Waals surface area contributed by atoms with Gasteiger partial charge in [0.2, 0.25) is 5.78 Å². The van der Waals surface area contributed by atoms with Gasteiger partial charge in [0.1, 0.15) is 0 Å². The highest BCUT2D eigenvalue weighted by Gasteiger charge is 2.12. The van der Waals surface area contributed by atoms with E-state index in [1.807, 2.05) is 41.9 Å². The van der Waals surface area contributed by atoms with Crippen LogP contribution in [0.3, 0.4) is 0 Å². The van der Waals surface area contributed by atoms with Crippen LogP contribution in [-0.2, 0) is 0 Å². The van der Waals surface area contributed by atoms with Crippen LogP contribution >= 0.6 is 11.3 Å². The van der Waals surface area contributed by atoms with E-state index in [2.05, 4.69) is 0 Å². The van der Waals surface area contributed by atoms with E-state index in [4.69, 9.17) is 9.15 Å². The Bertz CT molecular complexity index is 782. The largest absolute Gasteiger partial charge is 0.490 e. The number of ketones is 1. The second kappa shape index (κ2) is 5.97. The van der Waals surface area contributed by atoms with Gasteiger partial charge in [0.15, 0.2) is 17.1 Å². The fourth-order valence-corrected chi connectivity index (χ4v) is 2.68. The Hall–Kier alpha value is -2.33. The summed E-state index contributed by atoms with van der Waals surface area (Å²) in [6.07, 6.45) is 3.32. The molecular weight excluding hydrogens is 284 g/mol. The number of fused-ring (bicyclic) bond motifs is 1. The van der Waals surface area contributed by atoms with E-state index in [0.717, 1.165) is 10.9 Å². The van der Waals surface area contributed by atoms with Crippen LogP contribution in [0.25, 0.3) is 17.0 Å². The molecule has 0 bridgehead atoms. The number of para-hydroxylation sites is 1. The van der Waals surface area contributed by atoms with E-state index in [9.17, 15) is 4.79 Å². The van der Waals surface area contributed by atoms with Crippen LogP contribution in [0.5, 0.6) is 5.75 Å². The minimum atomic E-state index is -0.153. The maximum Gasteiger partial charge on any atom is 0.221 e. The van der Waals surface area contributed by atoms with E-state index in [-0.39, 0.29) is 5.78 Å². The number of carbonyl (C=O) groups is 1. The van der Waals surface area contributed by atoms with Crippen molar-refractivity contribution in [3.8, 4) is 5.75 Å². The van der Waals surface area contributed by atoms with Gasteiger partial charge in [0.05, 0.1) is 6.61 Å². The van der Waals surface area contributed by atoms with Crippen molar-refractivity contribution in [2.75, 3.05) is 6.61 Å². The molecule has 0 aliphatic rings. The van der Waals surface area contributed by atoms with E-state index < -0.39 is 0 Å². The van der Waals surface area contributed by atoms with Gasteiger partial charge in [-0.15, -0.1) is 0 Å². The van der Waals surface area contributed by atoms with Crippen LogP contribution in [0, 0.1) is 0 Å². The Morgan fingerprint density at radius 3 is 3.05 bits per heavy atom. The van der Waals surface area contributed by atoms with E-state index in [1.54, 1.807) is 23.5 Å². The first-order valence-electron chi connectivity index (χ1n) is 6.68. The Labute approximate surface area is 126 Å². The summed E-state index contributed by atoms with van der Waals surface area (Å²) in [6.45, 7) is 2.47. The summed E-state index contributed by atoms with van der Waals surface area (Å²) in [5, 5.41) is 4.82. The molecule has 0 fully saturated rings. The van der Waals surface area contributed by atoms with Gasteiger partial charge < -0.3 is 9.15 Å². The molecule has 0 spiro atoms. The summed E-state index contributed by atoms with van der Waals surface area (Å²) in [7, 11) is 0. The molecule has 21 heavy (non-hydrogen) atoms. The Balaban J connectivity index is 1.90. The highest BCUT2D eigenvalue weighted by Crippen LogP contribution is 2.29. The fraction of sp³-hybridized carbons (Fsp3) is 0.118. The molecule has 2 heterocycles. The summed E-state index contributed by atoms with van der Waals surface area (Å²) in [4.78, 5) is 12.2. The van der Waals surface area contributed by atoms with Gasteiger partial charge in [-0.3, -0.25) is 4.79 Å². The van der Waals surface area contributed by atoms with Crippen LogP contribution in [0.1, 0.15) is 23.0 Å². The average Bonchev–Trinajstić information content (AvgIpc) is 3.14. The first kappa shape index (κ1) is 13.6. The van der Waals surface area contributed by atoms with Crippen LogP contribution in [-0.4, -0.2) is 12.4 Å². The van der Waals surface area contributed by atoms with Crippen molar-refractivity contribution >= 4 is 34.2 Å². The first-order valence-corrected chi connectivity index (χ1v) is 7.62. The van der Waals surface area contributed by atoms with Gasteiger partial charge in [-0.1, -0.05) is 18.2 Å². The third-order valence-electron chi connectivity index (χ3n) is 3.02. The third-order valence-corrected chi connectivity index (χ3v) is 3.72. The quantitative estimate of drug-likeness (QED) is 0.502. The molecule has 0 unspecified atom stereocenters. The number of thiophene rings is 1. The van der Waals surface area contributed by atoms with Gasteiger partial charge in [-0.05, 0) is 47.5 Å². The molecule has 106 valence electrons. The molecule has 0 amide bonds. The molecule has 4 heteroatoms. The smallest absolute Gasteiger partial charge is 0.221 e. The summed E-state index contributed by atoms with van der Waals surface area (Å²) in [6, 6.07) is 9.34. The van der Waals surface area contributed by atoms with Crippen LogP contribution in [0.15, 0.2) is 51.6 Å². The number of hydrogen-bond donors (Lipinski definition) is 0. The summed E-state index contributed by atoms with van der Waals surface area (Å²) in [5.74, 6) is 0.833. The molecule has 2 aromatic heterocycles. The first-order chi connectivity index (χ1) is 10.3. The Morgan fingerprint density at radius 2 is 2.29 bits per heavy atom. The average molecular weight is 298 g/mol. The van der Waals surface area contributed by atoms with Crippen molar-refractivity contribution in [2.45, 2.75) is 6.92 Å². The lowest BCUT2D eigenvalue weighted by Crippen LogP contribution is -1.91. The highest BCUT2D eigenvalue weighted by atomic mass is 32.1. The normalized spacial score (nSPS) is 11.3. The SMILES string of the molecule is CCOc1cccc2cc(C(=O)/C=C/c3ccsc3)oc12. The molecule has 3 nitrogen and oxygen atoms in total. The molecule has 3 aromatic rings. The van der Waals surface area contributed by atoms with Gasteiger partial charge in [0, 0.05) is 5.39 Å². The van der Waals surface area contributed by atoms with Gasteiger partial charge in [-0.25, -0.2) is 0 Å². The van der Waals surface area contributed by atoms with Crippen LogP contribution < -0.4 is 4.74 Å². The second-order valence-corrected chi connectivity index (χ2v) is 5.25. The zero-order valence-corrected chi connectivity index (χ0v) is 12.4. The standard InChI is InChI=1S/C17H14O3S/c1-2-19-15-5-3-4-13-10-16(20-17(13)15)14(18)7-6-12-8-9-21-11-12/h3-11H,2H2,1H3/b7-6+. The van der Waals surface area contributed by atoms with E-state index in [1.165, 1.54) is 6.08 Å². The Morgan fingerprint density at radius 1 is 1.38 bits per heavy atom. The molecule has 0 aliphatic heterocycles. The number of ether oxygens (including phenoxy) is 1. The molecule has 0 saturated carbocycles. The minimum absolute atomic E-state index is 0.153. The number of hydrogen-bond acceptors (Lipinski definition) is 4. The van der Waals surface area contributed by atoms with E-state index in [0.29, 0.717) is 23.7 Å². The lowest BCUT2D eigenvalue weighted by Gasteiger charge is -2.01. The van der Waals surface area contributed by atoms with Crippen molar-refractivity contribution < 1.29 is 13.9 Å². The molecule has 0 saturated heterocycles. The van der Waals surface area contributed by atoms with Gasteiger partial charge in [0.25, 0.3) is 0 Å². The van der Waals surface area contributed by atoms with Crippen LogP contribution in [0.4, 0.5) is 0 Å². The van der Waals surface area contributed by atoms with E-state index >= 15 is 0 Å². The van der Waals surface area contributed by atoms with Gasteiger partial charge >= 0.3 is 0 Å². The van der Waals surface area contributed by atoms with Crippen LogP contribution in [0.2, 0.25) is 0 Å². The molecule has 0 N–H and O–H groups in total. The van der Waals surface area contributed by atoms with Gasteiger partial charge in [-0.2, -0.15) is 11.3 Å². The molecule has 0 atom stereocenters. The summed E-state index contributed by atoms with van der Waals surface area (Å²) < 4.78 is 11.2. The number of furan rings is 1. The maximum absolute atomic E-state index is 12.2. The fourth-order valence-electron chi connectivity index (χ4n) is 2.05. The maximum atomic E-state index is 12.2. The number of carbonyl (C=O) groups excluding carboxylic acids is 1. The topological polar surface area (TPSA) is 39.4 Å². The molecule has 0 aliphatic carbocycles. The van der Waals surface area contributed by atoms with Crippen molar-refractivity contribution in [1.82, 2.24) is 0 Å². The van der Waals surface area contributed by atoms with Crippen molar-refractivity contribution in [3.05, 3.63) is 58.5 Å². The molecular formula is C17H14O3S. The zero-order valence-electron chi connectivity index (χ0n) is 11.5. The van der Waals surface area contributed by atoms with Crippen molar-refractivity contribution in [3.63, 3.8) is 0 Å². The second-order valence-electron chi connectivity index (χ2n) is 4.47. The Kier molecular flexibility index (Phi) is 3.88. The monoisotopic (exact) mass is 298 g/mol. The lowest BCUT2D eigenvalue weighted by molar-refractivity contribution is 0.102. The third kappa shape index (κ3) is 2.90. The molecule has 3 rings (SSSR count). The predicted octanol–water partition coefficient (Wildman–Crippen LogP) is 4.79.